The first kappa shape index (κ1) is 15.1. The standard InChI is InChI=1S/C20H17N5/c1-2-7-15(8-3-1)19(18-11-4-5-12-21-18)24-17-10-6-9-16(13-17)20-22-14-23-25-20/h1-14,19,24H,(H,22,23,25)/t19-/m0/s1. The van der Waals surface area contributed by atoms with E-state index in [4.69, 9.17) is 0 Å². The highest BCUT2D eigenvalue weighted by atomic mass is 15.2. The van der Waals surface area contributed by atoms with E-state index in [0.717, 1.165) is 28.3 Å². The Labute approximate surface area is 145 Å². The van der Waals surface area contributed by atoms with E-state index in [1.807, 2.05) is 60.8 Å². The average molecular weight is 327 g/mol. The van der Waals surface area contributed by atoms with Crippen LogP contribution in [0.3, 0.4) is 0 Å². The summed E-state index contributed by atoms with van der Waals surface area (Å²) < 4.78 is 0. The predicted molar refractivity (Wildman–Crippen MR) is 98.0 cm³/mol. The van der Waals surface area contributed by atoms with Gasteiger partial charge in [0.15, 0.2) is 5.82 Å². The number of aromatic nitrogens is 4. The van der Waals surface area contributed by atoms with Crippen molar-refractivity contribution in [2.45, 2.75) is 6.04 Å². The molecule has 2 aromatic carbocycles. The van der Waals surface area contributed by atoms with Crippen LogP contribution in [0, 0.1) is 0 Å². The van der Waals surface area contributed by atoms with Crippen LogP contribution in [0.5, 0.6) is 0 Å². The summed E-state index contributed by atoms with van der Waals surface area (Å²) in [6, 6.07) is 24.3. The molecule has 4 rings (SSSR count). The van der Waals surface area contributed by atoms with Gasteiger partial charge in [-0.25, -0.2) is 4.98 Å². The highest BCUT2D eigenvalue weighted by Gasteiger charge is 2.15. The molecular formula is C20H17N5. The minimum Gasteiger partial charge on any atom is -0.373 e. The minimum absolute atomic E-state index is 0.0348. The van der Waals surface area contributed by atoms with Crippen LogP contribution in [0.15, 0.2) is 85.3 Å². The van der Waals surface area contributed by atoms with Gasteiger partial charge in [0.2, 0.25) is 0 Å². The first-order valence-electron chi connectivity index (χ1n) is 8.08. The molecule has 2 aromatic heterocycles. The predicted octanol–water partition coefficient (Wildman–Crippen LogP) is 4.07. The first-order chi connectivity index (χ1) is 12.4. The number of hydrogen-bond donors (Lipinski definition) is 2. The third-order valence-corrected chi connectivity index (χ3v) is 3.98. The third kappa shape index (κ3) is 3.40. The molecule has 2 heterocycles. The van der Waals surface area contributed by atoms with Crippen molar-refractivity contribution in [1.29, 1.82) is 0 Å². The Bertz CT molecular complexity index is 881. The van der Waals surface area contributed by atoms with Crippen LogP contribution in [0.25, 0.3) is 11.4 Å². The fraction of sp³-hybridized carbons (Fsp3) is 0.0500. The molecule has 0 saturated heterocycles. The topological polar surface area (TPSA) is 66.5 Å². The molecule has 5 nitrogen and oxygen atoms in total. The monoisotopic (exact) mass is 327 g/mol. The number of benzene rings is 2. The number of pyridine rings is 1. The van der Waals surface area contributed by atoms with E-state index in [1.54, 1.807) is 0 Å². The van der Waals surface area contributed by atoms with Crippen molar-refractivity contribution in [3.05, 3.63) is 96.6 Å². The number of rotatable bonds is 5. The molecule has 0 unspecified atom stereocenters. The smallest absolute Gasteiger partial charge is 0.155 e. The molecule has 0 aliphatic rings. The summed E-state index contributed by atoms with van der Waals surface area (Å²) >= 11 is 0. The number of nitrogens with one attached hydrogen (secondary N) is 2. The molecule has 122 valence electrons. The molecule has 0 saturated carbocycles. The van der Waals surface area contributed by atoms with Gasteiger partial charge in [-0.1, -0.05) is 48.5 Å². The molecule has 0 aliphatic carbocycles. The quantitative estimate of drug-likeness (QED) is 0.580. The normalized spacial score (nSPS) is 11.8. The van der Waals surface area contributed by atoms with E-state index in [-0.39, 0.29) is 6.04 Å². The molecule has 25 heavy (non-hydrogen) atoms. The Morgan fingerprint density at radius 3 is 2.48 bits per heavy atom. The van der Waals surface area contributed by atoms with Crippen molar-refractivity contribution < 1.29 is 0 Å². The largest absolute Gasteiger partial charge is 0.373 e. The van der Waals surface area contributed by atoms with Crippen LogP contribution in [-0.2, 0) is 0 Å². The van der Waals surface area contributed by atoms with E-state index in [2.05, 4.69) is 43.7 Å². The Kier molecular flexibility index (Phi) is 4.20. The third-order valence-electron chi connectivity index (χ3n) is 3.98. The van der Waals surface area contributed by atoms with Gasteiger partial charge in [-0.2, -0.15) is 5.10 Å². The Morgan fingerprint density at radius 1 is 0.840 bits per heavy atom. The van der Waals surface area contributed by atoms with Gasteiger partial charge in [-0.15, -0.1) is 0 Å². The maximum atomic E-state index is 4.53. The van der Waals surface area contributed by atoms with Gasteiger partial charge in [-0.3, -0.25) is 10.1 Å². The Morgan fingerprint density at radius 2 is 1.72 bits per heavy atom. The second-order valence-electron chi connectivity index (χ2n) is 5.66. The van der Waals surface area contributed by atoms with Gasteiger partial charge >= 0.3 is 0 Å². The lowest BCUT2D eigenvalue weighted by Crippen LogP contribution is -2.13. The lowest BCUT2D eigenvalue weighted by molar-refractivity contribution is 0.887. The highest BCUT2D eigenvalue weighted by Crippen LogP contribution is 2.27. The molecule has 1 atom stereocenters. The van der Waals surface area contributed by atoms with Crippen LogP contribution >= 0.6 is 0 Å². The summed E-state index contributed by atoms with van der Waals surface area (Å²) in [7, 11) is 0. The summed E-state index contributed by atoms with van der Waals surface area (Å²) in [5, 5.41) is 10.4. The average Bonchev–Trinajstić information content (AvgIpc) is 3.23. The molecule has 0 fully saturated rings. The van der Waals surface area contributed by atoms with Gasteiger partial charge in [0.25, 0.3) is 0 Å². The highest BCUT2D eigenvalue weighted by molar-refractivity contribution is 5.62. The van der Waals surface area contributed by atoms with E-state index < -0.39 is 0 Å². The molecule has 5 heteroatoms. The molecule has 0 amide bonds. The van der Waals surface area contributed by atoms with Crippen molar-refractivity contribution in [3.63, 3.8) is 0 Å². The van der Waals surface area contributed by atoms with E-state index in [0.29, 0.717) is 0 Å². The summed E-state index contributed by atoms with van der Waals surface area (Å²) in [6.07, 6.45) is 3.33. The summed E-state index contributed by atoms with van der Waals surface area (Å²) in [6.45, 7) is 0. The van der Waals surface area contributed by atoms with Crippen LogP contribution < -0.4 is 5.32 Å². The molecule has 0 bridgehead atoms. The van der Waals surface area contributed by atoms with E-state index in [1.165, 1.54) is 6.33 Å². The first-order valence-corrected chi connectivity index (χ1v) is 8.08. The molecule has 4 aromatic rings. The zero-order valence-electron chi connectivity index (χ0n) is 13.5. The molecular weight excluding hydrogens is 310 g/mol. The molecule has 0 radical (unpaired) electrons. The maximum Gasteiger partial charge on any atom is 0.155 e. The second-order valence-corrected chi connectivity index (χ2v) is 5.66. The zero-order chi connectivity index (χ0) is 16.9. The van der Waals surface area contributed by atoms with E-state index in [9.17, 15) is 0 Å². The Hall–Kier alpha value is -3.47. The van der Waals surface area contributed by atoms with Gasteiger partial charge in [0.1, 0.15) is 6.33 Å². The van der Waals surface area contributed by atoms with Crippen molar-refractivity contribution in [2.75, 3.05) is 5.32 Å². The van der Waals surface area contributed by atoms with Gasteiger partial charge in [-0.05, 0) is 29.8 Å². The number of hydrogen-bond acceptors (Lipinski definition) is 4. The van der Waals surface area contributed by atoms with Gasteiger partial charge < -0.3 is 5.32 Å². The van der Waals surface area contributed by atoms with Crippen LogP contribution in [0.4, 0.5) is 5.69 Å². The summed E-state index contributed by atoms with van der Waals surface area (Å²) in [4.78, 5) is 8.75. The fourth-order valence-electron chi connectivity index (χ4n) is 2.79. The number of H-pyrrole nitrogens is 1. The Balaban J connectivity index is 1.69. The molecule has 2 N–H and O–H groups in total. The van der Waals surface area contributed by atoms with Gasteiger partial charge in [0.05, 0.1) is 11.7 Å². The van der Waals surface area contributed by atoms with E-state index >= 15 is 0 Å². The lowest BCUT2D eigenvalue weighted by Gasteiger charge is -2.20. The van der Waals surface area contributed by atoms with Crippen molar-refractivity contribution >= 4 is 5.69 Å². The summed E-state index contributed by atoms with van der Waals surface area (Å²) in [5.41, 5.74) is 4.11. The molecule has 0 aliphatic heterocycles. The lowest BCUT2D eigenvalue weighted by atomic mass is 10.0. The maximum absolute atomic E-state index is 4.53. The SMILES string of the molecule is c1ccc([C@H](Nc2cccc(-c3ncn[nH]3)c2)c2ccccn2)cc1. The number of nitrogens with zero attached hydrogens (tertiary/aromatic N) is 3. The molecule has 0 spiro atoms. The second kappa shape index (κ2) is 6.97. The van der Waals surface area contributed by atoms with Crippen LogP contribution in [0.1, 0.15) is 17.3 Å². The van der Waals surface area contributed by atoms with Gasteiger partial charge in [0, 0.05) is 17.4 Å². The van der Waals surface area contributed by atoms with Crippen molar-refractivity contribution in [1.82, 2.24) is 20.2 Å². The summed E-state index contributed by atoms with van der Waals surface area (Å²) in [5.74, 6) is 0.748. The van der Waals surface area contributed by atoms with Crippen LogP contribution in [-0.4, -0.2) is 20.2 Å². The van der Waals surface area contributed by atoms with Crippen molar-refractivity contribution in [2.24, 2.45) is 0 Å². The van der Waals surface area contributed by atoms with Crippen molar-refractivity contribution in [3.8, 4) is 11.4 Å². The minimum atomic E-state index is -0.0348. The number of anilines is 1. The fourth-order valence-corrected chi connectivity index (χ4v) is 2.79. The van der Waals surface area contributed by atoms with Crippen LogP contribution in [0.2, 0.25) is 0 Å². The zero-order valence-corrected chi connectivity index (χ0v) is 13.5. The number of aromatic amines is 1.